The second kappa shape index (κ2) is 7.44. The number of amides is 1. The molecule has 132 valence electrons. The van der Waals surface area contributed by atoms with Crippen molar-refractivity contribution in [2.75, 3.05) is 11.9 Å². The summed E-state index contributed by atoms with van der Waals surface area (Å²) in [5.41, 5.74) is 2.59. The molecule has 0 bridgehead atoms. The van der Waals surface area contributed by atoms with Crippen LogP contribution in [0.15, 0.2) is 60.8 Å². The number of rotatable bonds is 5. The lowest BCUT2D eigenvalue weighted by atomic mass is 10.1. The van der Waals surface area contributed by atoms with Crippen molar-refractivity contribution in [1.82, 2.24) is 9.55 Å². The van der Waals surface area contributed by atoms with Crippen molar-refractivity contribution in [3.63, 3.8) is 0 Å². The first kappa shape index (κ1) is 16.4. The molecule has 0 radical (unpaired) electrons. The van der Waals surface area contributed by atoms with E-state index in [9.17, 15) is 4.79 Å². The molecule has 0 unspecified atom stereocenters. The van der Waals surface area contributed by atoms with Gasteiger partial charge in [0.15, 0.2) is 6.61 Å². The summed E-state index contributed by atoms with van der Waals surface area (Å²) in [4.78, 5) is 17.1. The summed E-state index contributed by atoms with van der Waals surface area (Å²) in [6.45, 7) is 0.986. The summed E-state index contributed by atoms with van der Waals surface area (Å²) in [6.07, 6.45) is 5.48. The summed E-state index contributed by atoms with van der Waals surface area (Å²) < 4.78 is 7.74. The molecule has 5 nitrogen and oxygen atoms in total. The quantitative estimate of drug-likeness (QED) is 0.761. The van der Waals surface area contributed by atoms with Gasteiger partial charge in [0, 0.05) is 24.7 Å². The third-order valence-electron chi connectivity index (χ3n) is 4.50. The number of fused-ring (bicyclic) bond motifs is 1. The van der Waals surface area contributed by atoms with E-state index in [1.54, 1.807) is 0 Å². The molecule has 2 heterocycles. The van der Waals surface area contributed by atoms with Crippen LogP contribution in [0.25, 0.3) is 11.3 Å². The lowest BCUT2D eigenvalue weighted by Crippen LogP contribution is -2.20. The minimum atomic E-state index is -0.190. The average molecular weight is 347 g/mol. The number of benzene rings is 2. The molecule has 5 heteroatoms. The van der Waals surface area contributed by atoms with Gasteiger partial charge in [0.05, 0.1) is 11.4 Å². The van der Waals surface area contributed by atoms with Gasteiger partial charge in [-0.2, -0.15) is 0 Å². The Morgan fingerprint density at radius 3 is 2.73 bits per heavy atom. The third-order valence-corrected chi connectivity index (χ3v) is 4.50. The number of imidazole rings is 1. The number of nitrogens with one attached hydrogen (secondary N) is 1. The number of para-hydroxylation sites is 2. The van der Waals surface area contributed by atoms with Crippen molar-refractivity contribution >= 4 is 11.6 Å². The molecule has 4 rings (SSSR count). The van der Waals surface area contributed by atoms with E-state index in [2.05, 4.69) is 16.1 Å². The first-order valence-electron chi connectivity index (χ1n) is 8.93. The highest BCUT2D eigenvalue weighted by Crippen LogP contribution is 2.28. The average Bonchev–Trinajstić information content (AvgIpc) is 3.12. The maximum atomic E-state index is 12.3. The van der Waals surface area contributed by atoms with Crippen molar-refractivity contribution in [2.45, 2.75) is 25.8 Å². The maximum Gasteiger partial charge on any atom is 0.262 e. The molecule has 0 atom stereocenters. The topological polar surface area (TPSA) is 56.1 Å². The van der Waals surface area contributed by atoms with Gasteiger partial charge < -0.3 is 14.6 Å². The van der Waals surface area contributed by atoms with Gasteiger partial charge in [0.1, 0.15) is 11.6 Å². The van der Waals surface area contributed by atoms with Crippen LogP contribution in [0.1, 0.15) is 18.7 Å². The van der Waals surface area contributed by atoms with Gasteiger partial charge in [-0.1, -0.05) is 36.4 Å². The van der Waals surface area contributed by atoms with Crippen LogP contribution in [0, 0.1) is 0 Å². The molecule has 1 aromatic heterocycles. The highest BCUT2D eigenvalue weighted by atomic mass is 16.5. The molecule has 1 N–H and O–H groups in total. The van der Waals surface area contributed by atoms with E-state index in [0.717, 1.165) is 35.7 Å². The zero-order valence-electron chi connectivity index (χ0n) is 14.5. The standard InChI is InChI=1S/C21H21N3O2/c25-21(15-26-16-8-2-1-3-9-16)23-18-11-5-4-10-17(18)19-14-24-13-7-6-12-20(24)22-19/h1-5,8-11,14H,6-7,12-13,15H2,(H,23,25). The van der Waals surface area contributed by atoms with Crippen LogP contribution in [-0.2, 0) is 17.8 Å². The van der Waals surface area contributed by atoms with Crippen molar-refractivity contribution in [3.8, 4) is 17.0 Å². The number of aryl methyl sites for hydroxylation is 2. The minimum Gasteiger partial charge on any atom is -0.484 e. The molecule has 0 saturated carbocycles. The Hall–Kier alpha value is -3.08. The predicted molar refractivity (Wildman–Crippen MR) is 101 cm³/mol. The summed E-state index contributed by atoms with van der Waals surface area (Å²) in [5, 5.41) is 2.95. The summed E-state index contributed by atoms with van der Waals surface area (Å²) >= 11 is 0. The minimum absolute atomic E-state index is 0.0297. The monoisotopic (exact) mass is 347 g/mol. The van der Waals surface area contributed by atoms with Crippen molar-refractivity contribution in [2.24, 2.45) is 0 Å². The molecule has 0 spiro atoms. The molecular formula is C21H21N3O2. The Bertz CT molecular complexity index is 879. The summed E-state index contributed by atoms with van der Waals surface area (Å²) in [5.74, 6) is 1.61. The number of hydrogen-bond donors (Lipinski definition) is 1. The Balaban J connectivity index is 1.49. The van der Waals surface area contributed by atoms with Crippen LogP contribution >= 0.6 is 0 Å². The summed E-state index contributed by atoms with van der Waals surface area (Å²) in [7, 11) is 0. The Labute approximate surface area is 152 Å². The zero-order valence-corrected chi connectivity index (χ0v) is 14.5. The number of hydrogen-bond acceptors (Lipinski definition) is 3. The van der Waals surface area contributed by atoms with E-state index >= 15 is 0 Å². The first-order chi connectivity index (χ1) is 12.8. The van der Waals surface area contributed by atoms with Gasteiger partial charge >= 0.3 is 0 Å². The first-order valence-corrected chi connectivity index (χ1v) is 8.93. The van der Waals surface area contributed by atoms with Crippen LogP contribution in [0.3, 0.4) is 0 Å². The highest BCUT2D eigenvalue weighted by Gasteiger charge is 2.16. The van der Waals surface area contributed by atoms with Crippen molar-refractivity contribution in [1.29, 1.82) is 0 Å². The van der Waals surface area contributed by atoms with Crippen molar-refractivity contribution < 1.29 is 9.53 Å². The molecule has 0 fully saturated rings. The van der Waals surface area contributed by atoms with Crippen LogP contribution in [0.5, 0.6) is 5.75 Å². The fourth-order valence-corrected chi connectivity index (χ4v) is 3.21. The van der Waals surface area contributed by atoms with Crippen LogP contribution < -0.4 is 10.1 Å². The molecule has 0 aliphatic carbocycles. The second-order valence-electron chi connectivity index (χ2n) is 6.39. The highest BCUT2D eigenvalue weighted by molar-refractivity contribution is 5.95. The third kappa shape index (κ3) is 3.61. The van der Waals surface area contributed by atoms with E-state index in [-0.39, 0.29) is 12.5 Å². The lowest BCUT2D eigenvalue weighted by molar-refractivity contribution is -0.118. The number of nitrogens with zero attached hydrogens (tertiary/aromatic N) is 2. The molecule has 3 aromatic rings. The van der Waals surface area contributed by atoms with E-state index in [4.69, 9.17) is 9.72 Å². The number of ether oxygens (including phenoxy) is 1. The fraction of sp³-hybridized carbons (Fsp3) is 0.238. The van der Waals surface area contributed by atoms with Crippen LogP contribution in [-0.4, -0.2) is 22.1 Å². The molecular weight excluding hydrogens is 326 g/mol. The molecule has 2 aromatic carbocycles. The Morgan fingerprint density at radius 1 is 1.08 bits per heavy atom. The van der Waals surface area contributed by atoms with Gasteiger partial charge in [-0.25, -0.2) is 4.98 Å². The van der Waals surface area contributed by atoms with Gasteiger partial charge in [0.25, 0.3) is 5.91 Å². The largest absolute Gasteiger partial charge is 0.484 e. The molecule has 26 heavy (non-hydrogen) atoms. The van der Waals surface area contributed by atoms with E-state index in [1.165, 1.54) is 12.8 Å². The van der Waals surface area contributed by atoms with E-state index in [0.29, 0.717) is 5.75 Å². The molecule has 0 saturated heterocycles. The summed E-state index contributed by atoms with van der Waals surface area (Å²) in [6, 6.07) is 17.1. The number of carbonyl (C=O) groups excluding carboxylic acids is 1. The number of anilines is 1. The SMILES string of the molecule is O=C(COc1ccccc1)Nc1ccccc1-c1cn2c(n1)CCCC2. The smallest absolute Gasteiger partial charge is 0.262 e. The fourth-order valence-electron chi connectivity index (χ4n) is 3.21. The Morgan fingerprint density at radius 2 is 1.88 bits per heavy atom. The second-order valence-corrected chi connectivity index (χ2v) is 6.39. The Kier molecular flexibility index (Phi) is 4.69. The lowest BCUT2D eigenvalue weighted by Gasteiger charge is -2.11. The zero-order chi connectivity index (χ0) is 17.8. The van der Waals surface area contributed by atoms with Gasteiger partial charge in [0.2, 0.25) is 0 Å². The van der Waals surface area contributed by atoms with Crippen molar-refractivity contribution in [3.05, 3.63) is 66.6 Å². The molecule has 1 aliphatic rings. The number of carbonyl (C=O) groups is 1. The van der Waals surface area contributed by atoms with Crippen LogP contribution in [0.2, 0.25) is 0 Å². The molecule has 1 aliphatic heterocycles. The number of aromatic nitrogens is 2. The van der Waals surface area contributed by atoms with Gasteiger partial charge in [-0.15, -0.1) is 0 Å². The van der Waals surface area contributed by atoms with Gasteiger partial charge in [-0.3, -0.25) is 4.79 Å². The van der Waals surface area contributed by atoms with E-state index < -0.39 is 0 Å². The van der Waals surface area contributed by atoms with Crippen LogP contribution in [0.4, 0.5) is 5.69 Å². The van der Waals surface area contributed by atoms with Gasteiger partial charge in [-0.05, 0) is 31.0 Å². The van der Waals surface area contributed by atoms with E-state index in [1.807, 2.05) is 54.6 Å². The normalized spacial score (nSPS) is 13.1. The maximum absolute atomic E-state index is 12.3. The molecule has 1 amide bonds. The predicted octanol–water partition coefficient (Wildman–Crippen LogP) is 3.90.